The van der Waals surface area contributed by atoms with E-state index in [1.807, 2.05) is 0 Å². The van der Waals surface area contributed by atoms with Crippen LogP contribution >= 0.6 is 0 Å². The van der Waals surface area contributed by atoms with E-state index in [1.165, 1.54) is 38.9 Å². The lowest BCUT2D eigenvalue weighted by Crippen LogP contribution is -2.52. The Morgan fingerprint density at radius 3 is 2.32 bits per heavy atom. The van der Waals surface area contributed by atoms with E-state index in [4.69, 9.17) is 0 Å². The van der Waals surface area contributed by atoms with E-state index in [-0.39, 0.29) is 11.7 Å². The number of benzene rings is 1. The molecule has 1 amide bonds. The molecule has 3 aliphatic rings. The van der Waals surface area contributed by atoms with Crippen molar-refractivity contribution in [2.45, 2.75) is 19.3 Å². The van der Waals surface area contributed by atoms with Crippen LogP contribution in [0, 0.1) is 5.41 Å². The Balaban J connectivity index is 1.59. The monoisotopic (exact) mass is 260 g/mol. The van der Waals surface area contributed by atoms with E-state index in [0.717, 1.165) is 6.54 Å². The fraction of sp³-hybridized carbons (Fsp3) is 0.533. The number of rotatable bonds is 3. The molecule has 102 valence electrons. The maximum absolute atomic E-state index is 12.1. The minimum atomic E-state index is -0.0395. The molecule has 0 saturated carbocycles. The lowest BCUT2D eigenvalue weighted by molar-refractivity contribution is 0.0262. The largest absolute Gasteiger partial charge is 0.508 e. The van der Waals surface area contributed by atoms with Crippen LogP contribution in [0.25, 0.3) is 0 Å². The molecule has 2 bridgehead atoms. The van der Waals surface area contributed by atoms with Gasteiger partial charge >= 0.3 is 0 Å². The SMILES string of the molecule is O=C(NCC12CCN(CC1)CC2)c1ccc(O)cc1. The van der Waals surface area contributed by atoms with Gasteiger partial charge in [-0.2, -0.15) is 0 Å². The summed E-state index contributed by atoms with van der Waals surface area (Å²) < 4.78 is 0. The summed E-state index contributed by atoms with van der Waals surface area (Å²) in [5.74, 6) is 0.150. The third kappa shape index (κ3) is 2.59. The molecule has 1 aromatic carbocycles. The van der Waals surface area contributed by atoms with E-state index in [1.54, 1.807) is 24.3 Å². The normalized spacial score (nSPS) is 29.2. The highest BCUT2D eigenvalue weighted by Crippen LogP contribution is 2.39. The summed E-state index contributed by atoms with van der Waals surface area (Å²) in [5.41, 5.74) is 0.934. The number of hydrogen-bond acceptors (Lipinski definition) is 3. The molecule has 19 heavy (non-hydrogen) atoms. The standard InChI is InChI=1S/C15H20N2O2/c18-13-3-1-12(2-4-13)14(19)16-11-15-5-8-17(9-6-15)10-7-15/h1-4,18H,5-11H2,(H,16,19). The van der Waals surface area contributed by atoms with E-state index in [9.17, 15) is 9.90 Å². The van der Waals surface area contributed by atoms with Gasteiger partial charge in [-0.15, -0.1) is 0 Å². The highest BCUT2D eigenvalue weighted by molar-refractivity contribution is 5.94. The maximum atomic E-state index is 12.1. The van der Waals surface area contributed by atoms with Gasteiger partial charge in [0.05, 0.1) is 0 Å². The number of hydrogen-bond donors (Lipinski definition) is 2. The Labute approximate surface area is 113 Å². The average molecular weight is 260 g/mol. The Bertz CT molecular complexity index is 448. The van der Waals surface area contributed by atoms with E-state index >= 15 is 0 Å². The van der Waals surface area contributed by atoms with Gasteiger partial charge in [-0.05, 0) is 68.6 Å². The number of fused-ring (bicyclic) bond motifs is 3. The van der Waals surface area contributed by atoms with Crippen molar-refractivity contribution in [3.63, 3.8) is 0 Å². The summed E-state index contributed by atoms with van der Waals surface area (Å²) in [6, 6.07) is 6.41. The van der Waals surface area contributed by atoms with Crippen LogP contribution in [0.3, 0.4) is 0 Å². The van der Waals surface area contributed by atoms with Gasteiger partial charge in [0, 0.05) is 12.1 Å². The molecule has 3 aliphatic heterocycles. The van der Waals surface area contributed by atoms with Crippen LogP contribution in [-0.4, -0.2) is 42.1 Å². The van der Waals surface area contributed by atoms with Gasteiger partial charge in [-0.1, -0.05) is 0 Å². The molecule has 4 nitrogen and oxygen atoms in total. The Morgan fingerprint density at radius 2 is 1.74 bits per heavy atom. The van der Waals surface area contributed by atoms with Gasteiger partial charge in [0.2, 0.25) is 0 Å². The quantitative estimate of drug-likeness (QED) is 0.868. The van der Waals surface area contributed by atoms with Crippen LogP contribution < -0.4 is 5.32 Å². The van der Waals surface area contributed by atoms with Gasteiger partial charge < -0.3 is 15.3 Å². The summed E-state index contributed by atoms with van der Waals surface area (Å²) in [6.07, 6.45) is 3.59. The minimum Gasteiger partial charge on any atom is -0.508 e. The van der Waals surface area contributed by atoms with Gasteiger partial charge in [0.25, 0.3) is 5.91 Å². The summed E-state index contributed by atoms with van der Waals surface area (Å²) in [6.45, 7) is 4.31. The third-order valence-corrected chi connectivity index (χ3v) is 4.63. The predicted octanol–water partition coefficient (Wildman–Crippen LogP) is 1.61. The van der Waals surface area contributed by atoms with Crippen molar-refractivity contribution < 1.29 is 9.90 Å². The van der Waals surface area contributed by atoms with E-state index in [0.29, 0.717) is 11.0 Å². The molecule has 0 radical (unpaired) electrons. The van der Waals surface area contributed by atoms with Gasteiger partial charge in [0.1, 0.15) is 5.75 Å². The summed E-state index contributed by atoms with van der Waals surface area (Å²) in [5, 5.41) is 12.3. The van der Waals surface area contributed by atoms with E-state index < -0.39 is 0 Å². The molecule has 1 aromatic rings. The number of piperidine rings is 3. The molecule has 4 heteroatoms. The molecule has 4 rings (SSSR count). The number of carbonyl (C=O) groups excluding carboxylic acids is 1. The summed E-state index contributed by atoms with van der Waals surface area (Å²) in [7, 11) is 0. The van der Waals surface area contributed by atoms with Crippen LogP contribution in [0.4, 0.5) is 0 Å². The second-order valence-corrected chi connectivity index (χ2v) is 5.82. The number of nitrogens with zero attached hydrogens (tertiary/aromatic N) is 1. The molecule has 0 aromatic heterocycles. The van der Waals surface area contributed by atoms with Crippen molar-refractivity contribution in [3.8, 4) is 5.75 Å². The Morgan fingerprint density at radius 1 is 1.16 bits per heavy atom. The van der Waals surface area contributed by atoms with Gasteiger partial charge in [-0.3, -0.25) is 4.79 Å². The zero-order valence-corrected chi connectivity index (χ0v) is 11.1. The molecule has 0 spiro atoms. The first kappa shape index (κ1) is 12.5. The van der Waals surface area contributed by atoms with Crippen LogP contribution in [0.5, 0.6) is 5.75 Å². The molecule has 3 saturated heterocycles. The van der Waals surface area contributed by atoms with Crippen molar-refractivity contribution in [2.24, 2.45) is 5.41 Å². The van der Waals surface area contributed by atoms with Gasteiger partial charge in [-0.25, -0.2) is 0 Å². The first-order valence-electron chi connectivity index (χ1n) is 6.97. The molecule has 3 fully saturated rings. The fourth-order valence-corrected chi connectivity index (χ4v) is 3.14. The predicted molar refractivity (Wildman–Crippen MR) is 73.2 cm³/mol. The number of aromatic hydroxyl groups is 1. The van der Waals surface area contributed by atoms with Crippen LogP contribution in [0.2, 0.25) is 0 Å². The topological polar surface area (TPSA) is 52.6 Å². The lowest BCUT2D eigenvalue weighted by atomic mass is 9.72. The van der Waals surface area contributed by atoms with Crippen molar-refractivity contribution in [2.75, 3.05) is 26.2 Å². The van der Waals surface area contributed by atoms with Crippen molar-refractivity contribution in [1.82, 2.24) is 10.2 Å². The van der Waals surface area contributed by atoms with Crippen molar-refractivity contribution in [1.29, 1.82) is 0 Å². The molecule has 3 heterocycles. The lowest BCUT2D eigenvalue weighted by Gasteiger charge is -2.48. The molecular formula is C15H20N2O2. The summed E-state index contributed by atoms with van der Waals surface area (Å²) in [4.78, 5) is 14.6. The second kappa shape index (κ2) is 4.85. The van der Waals surface area contributed by atoms with Crippen molar-refractivity contribution in [3.05, 3.63) is 29.8 Å². The smallest absolute Gasteiger partial charge is 0.251 e. The highest BCUT2D eigenvalue weighted by Gasteiger charge is 2.39. The van der Waals surface area contributed by atoms with Crippen LogP contribution in [0.1, 0.15) is 29.6 Å². The van der Waals surface area contributed by atoms with Crippen LogP contribution in [-0.2, 0) is 0 Å². The zero-order valence-electron chi connectivity index (χ0n) is 11.1. The van der Waals surface area contributed by atoms with Crippen LogP contribution in [0.15, 0.2) is 24.3 Å². The maximum Gasteiger partial charge on any atom is 0.251 e. The molecule has 2 N–H and O–H groups in total. The number of carbonyl (C=O) groups is 1. The molecular weight excluding hydrogens is 240 g/mol. The molecule has 0 aliphatic carbocycles. The van der Waals surface area contributed by atoms with E-state index in [2.05, 4.69) is 10.2 Å². The first-order valence-corrected chi connectivity index (χ1v) is 6.97. The average Bonchev–Trinajstić information content (AvgIpc) is 2.48. The first-order chi connectivity index (χ1) is 9.17. The number of nitrogens with one attached hydrogen (secondary N) is 1. The zero-order chi connectivity index (χ0) is 13.3. The summed E-state index contributed by atoms with van der Waals surface area (Å²) >= 11 is 0. The minimum absolute atomic E-state index is 0.0395. The second-order valence-electron chi connectivity index (χ2n) is 5.82. The fourth-order valence-electron chi connectivity index (χ4n) is 3.14. The third-order valence-electron chi connectivity index (χ3n) is 4.63. The van der Waals surface area contributed by atoms with Gasteiger partial charge in [0.15, 0.2) is 0 Å². The Kier molecular flexibility index (Phi) is 3.19. The molecule has 0 unspecified atom stereocenters. The highest BCUT2D eigenvalue weighted by atomic mass is 16.3. The Hall–Kier alpha value is -1.55. The number of phenols is 1. The molecule has 0 atom stereocenters. The number of phenolic OH excluding ortho intramolecular Hbond substituents is 1. The van der Waals surface area contributed by atoms with Crippen molar-refractivity contribution >= 4 is 5.91 Å². The number of amides is 1.